The molecule has 8 atom stereocenters. The normalized spacial score (nSPS) is 32.7. The number of ether oxygens (including phenoxy) is 2. The second-order valence-corrected chi connectivity index (χ2v) is 19.5. The van der Waals surface area contributed by atoms with Crippen LogP contribution in [0.3, 0.4) is 0 Å². The van der Waals surface area contributed by atoms with Crippen molar-refractivity contribution < 1.29 is 28.9 Å². The number of rotatable bonds is 9. The fourth-order valence-corrected chi connectivity index (χ4v) is 13.3. The highest BCUT2D eigenvalue weighted by Gasteiger charge is 2.51. The molecule has 0 bridgehead atoms. The molecular formula is C37H54O6Si. The topological polar surface area (TPSA) is 85.2 Å². The van der Waals surface area contributed by atoms with E-state index in [0.29, 0.717) is 18.9 Å². The lowest BCUT2D eigenvalue weighted by atomic mass is 9.59. The van der Waals surface area contributed by atoms with Gasteiger partial charge >= 0.3 is 0 Å². The maximum Gasteiger partial charge on any atom is 0.261 e. The van der Waals surface area contributed by atoms with E-state index in [1.807, 2.05) is 13.8 Å². The Balaban J connectivity index is 1.27. The molecule has 0 spiro atoms. The molecule has 3 fully saturated rings. The Morgan fingerprint density at radius 1 is 0.886 bits per heavy atom. The monoisotopic (exact) mass is 622 g/mol. The minimum Gasteiger partial charge on any atom is -0.407 e. The van der Waals surface area contributed by atoms with Crippen LogP contribution in [0.1, 0.15) is 86.5 Å². The quantitative estimate of drug-likeness (QED) is 0.354. The van der Waals surface area contributed by atoms with E-state index in [2.05, 4.69) is 88.4 Å². The molecule has 5 rings (SSSR count). The van der Waals surface area contributed by atoms with Gasteiger partial charge in [-0.25, -0.2) is 0 Å². The summed E-state index contributed by atoms with van der Waals surface area (Å²) < 4.78 is 20.1. The van der Waals surface area contributed by atoms with Gasteiger partial charge in [0.1, 0.15) is 6.10 Å². The van der Waals surface area contributed by atoms with Gasteiger partial charge in [-0.3, -0.25) is 4.79 Å². The number of carbonyl (C=O) groups excluding carboxylic acids is 1. The summed E-state index contributed by atoms with van der Waals surface area (Å²) in [7, 11) is -2.62. The van der Waals surface area contributed by atoms with Gasteiger partial charge in [-0.05, 0) is 78.6 Å². The third-order valence-electron chi connectivity index (χ3n) is 10.7. The van der Waals surface area contributed by atoms with Crippen LogP contribution in [0.5, 0.6) is 0 Å². The van der Waals surface area contributed by atoms with Gasteiger partial charge in [0.2, 0.25) is 0 Å². The van der Waals surface area contributed by atoms with Crippen molar-refractivity contribution in [3.63, 3.8) is 0 Å². The van der Waals surface area contributed by atoms with Crippen molar-refractivity contribution in [2.45, 2.75) is 122 Å². The molecule has 2 saturated carbocycles. The molecule has 0 amide bonds. The lowest BCUT2D eigenvalue weighted by Gasteiger charge is -2.49. The van der Waals surface area contributed by atoms with E-state index in [1.165, 1.54) is 10.4 Å². The Kier molecular flexibility index (Phi) is 10.2. The van der Waals surface area contributed by atoms with Crippen LogP contribution < -0.4 is 10.4 Å². The van der Waals surface area contributed by atoms with Crippen LogP contribution >= 0.6 is 0 Å². The average molecular weight is 623 g/mol. The number of carbonyl (C=O) groups is 1. The van der Waals surface area contributed by atoms with Crippen LogP contribution in [0.25, 0.3) is 0 Å². The molecule has 242 valence electrons. The third kappa shape index (κ3) is 6.93. The van der Waals surface area contributed by atoms with E-state index in [9.17, 15) is 15.0 Å². The Morgan fingerprint density at radius 3 is 2.02 bits per heavy atom. The van der Waals surface area contributed by atoms with Crippen molar-refractivity contribution in [1.29, 1.82) is 0 Å². The summed E-state index contributed by atoms with van der Waals surface area (Å²) in [6.45, 7) is 13.8. The Morgan fingerprint density at radius 2 is 1.45 bits per heavy atom. The van der Waals surface area contributed by atoms with Crippen molar-refractivity contribution in [3.8, 4) is 0 Å². The van der Waals surface area contributed by atoms with Crippen molar-refractivity contribution in [2.75, 3.05) is 6.61 Å². The summed E-state index contributed by atoms with van der Waals surface area (Å²) in [6, 6.07) is 21.5. The SMILES string of the molecule is C[C@H]1CC[C@H]2CC(=O)C(O)[C@H](O)[C@@H]2[C@H]1CCC1CC(CCO[Si](c2ccccc2)(c2ccccc2)C(C)(C)C)OC(C)(C)O1. The van der Waals surface area contributed by atoms with Gasteiger partial charge in [0.15, 0.2) is 11.6 Å². The summed E-state index contributed by atoms with van der Waals surface area (Å²) in [4.78, 5) is 12.3. The molecule has 6 nitrogen and oxygen atoms in total. The average Bonchev–Trinajstić information content (AvgIpc) is 2.97. The molecule has 7 heteroatoms. The van der Waals surface area contributed by atoms with Crippen LogP contribution in [0.4, 0.5) is 0 Å². The molecule has 2 aliphatic carbocycles. The highest BCUT2D eigenvalue weighted by molar-refractivity contribution is 6.99. The largest absolute Gasteiger partial charge is 0.407 e. The van der Waals surface area contributed by atoms with Gasteiger partial charge < -0.3 is 24.1 Å². The zero-order chi connectivity index (χ0) is 31.7. The molecule has 0 aromatic heterocycles. The smallest absolute Gasteiger partial charge is 0.261 e. The van der Waals surface area contributed by atoms with E-state index in [1.54, 1.807) is 0 Å². The van der Waals surface area contributed by atoms with E-state index in [0.717, 1.165) is 38.5 Å². The van der Waals surface area contributed by atoms with Crippen molar-refractivity contribution in [2.24, 2.45) is 23.7 Å². The minimum atomic E-state index is -2.62. The lowest BCUT2D eigenvalue weighted by Crippen LogP contribution is -2.66. The third-order valence-corrected chi connectivity index (χ3v) is 15.7. The van der Waals surface area contributed by atoms with Crippen molar-refractivity contribution >= 4 is 24.5 Å². The van der Waals surface area contributed by atoms with Crippen molar-refractivity contribution in [3.05, 3.63) is 60.7 Å². The second kappa shape index (κ2) is 13.5. The fourth-order valence-electron chi connectivity index (χ4n) is 8.70. The first-order valence-electron chi connectivity index (χ1n) is 16.8. The van der Waals surface area contributed by atoms with Gasteiger partial charge in [-0.1, -0.05) is 94.8 Å². The predicted octanol–water partition coefficient (Wildman–Crippen LogP) is 5.62. The highest BCUT2D eigenvalue weighted by Crippen LogP contribution is 2.48. The van der Waals surface area contributed by atoms with Crippen LogP contribution in [0.2, 0.25) is 5.04 Å². The van der Waals surface area contributed by atoms with Crippen LogP contribution in [-0.4, -0.2) is 61.1 Å². The molecule has 1 aliphatic heterocycles. The van der Waals surface area contributed by atoms with Crippen LogP contribution in [0, 0.1) is 23.7 Å². The number of hydrogen-bond acceptors (Lipinski definition) is 6. The Hall–Kier alpha value is -1.87. The zero-order valence-electron chi connectivity index (χ0n) is 27.6. The fraction of sp³-hybridized carbons (Fsp3) is 0.649. The number of hydrogen-bond donors (Lipinski definition) is 2. The van der Waals surface area contributed by atoms with Crippen LogP contribution in [-0.2, 0) is 18.7 Å². The minimum absolute atomic E-state index is 0.0122. The summed E-state index contributed by atoms with van der Waals surface area (Å²) in [5.41, 5.74) is 0. The van der Waals surface area contributed by atoms with Crippen molar-refractivity contribution in [1.82, 2.24) is 0 Å². The van der Waals surface area contributed by atoms with Crippen LogP contribution in [0.15, 0.2) is 60.7 Å². The molecule has 2 N–H and O–H groups in total. The summed E-state index contributed by atoms with van der Waals surface area (Å²) >= 11 is 0. The number of ketones is 1. The maximum atomic E-state index is 12.3. The molecule has 2 aromatic carbocycles. The van der Waals surface area contributed by atoms with E-state index >= 15 is 0 Å². The standard InChI is InChI=1S/C37H54O6Si/c1-25-17-18-26-23-32(38)34(39)35(40)33(26)31(25)20-19-27-24-28(43-37(5,6)42-27)21-22-41-44(36(2,3)4,29-13-9-7-10-14-29)30-15-11-8-12-16-30/h7-16,25-28,31,33-35,39-40H,17-24H2,1-6H3/t25-,26-,27?,28?,31-,33-,34?,35+/m0/s1. The van der Waals surface area contributed by atoms with Gasteiger partial charge in [-0.2, -0.15) is 0 Å². The predicted molar refractivity (Wildman–Crippen MR) is 176 cm³/mol. The van der Waals surface area contributed by atoms with E-state index < -0.39 is 26.3 Å². The molecule has 0 radical (unpaired) electrons. The van der Waals surface area contributed by atoms with E-state index in [4.69, 9.17) is 13.9 Å². The molecule has 2 aromatic rings. The van der Waals surface area contributed by atoms with Gasteiger partial charge in [0.05, 0.1) is 18.3 Å². The first kappa shape index (κ1) is 33.5. The number of aliphatic hydroxyl groups excluding tert-OH is 2. The maximum absolute atomic E-state index is 12.3. The number of Topliss-reactive ketones (excluding diaryl/α,β-unsaturated/α-hetero) is 1. The molecule has 1 heterocycles. The Bertz CT molecular complexity index is 1190. The highest BCUT2D eigenvalue weighted by atomic mass is 28.4. The van der Waals surface area contributed by atoms with Gasteiger partial charge in [-0.15, -0.1) is 0 Å². The number of benzene rings is 2. The summed E-state index contributed by atoms with van der Waals surface area (Å²) in [5.74, 6) is -0.0634. The summed E-state index contributed by atoms with van der Waals surface area (Å²) in [5, 5.41) is 23.8. The molecule has 3 unspecified atom stereocenters. The Labute approximate surface area is 265 Å². The molecule has 44 heavy (non-hydrogen) atoms. The summed E-state index contributed by atoms with van der Waals surface area (Å²) in [6.07, 6.45) is 3.60. The number of fused-ring (bicyclic) bond motifs is 1. The van der Waals surface area contributed by atoms with Gasteiger partial charge in [0.25, 0.3) is 8.32 Å². The second-order valence-electron chi connectivity index (χ2n) is 15.2. The lowest BCUT2D eigenvalue weighted by molar-refractivity contribution is -0.302. The molecule has 1 saturated heterocycles. The molecule has 3 aliphatic rings. The van der Waals surface area contributed by atoms with Gasteiger partial charge in [0, 0.05) is 19.4 Å². The number of aliphatic hydroxyl groups is 2. The van der Waals surface area contributed by atoms with E-state index in [-0.39, 0.29) is 40.8 Å². The first-order chi connectivity index (χ1) is 20.8. The molecular weight excluding hydrogens is 568 g/mol. The first-order valence-corrected chi connectivity index (χ1v) is 18.7. The zero-order valence-corrected chi connectivity index (χ0v) is 28.6.